The lowest BCUT2D eigenvalue weighted by atomic mass is 9.99. The number of benzene rings is 7. The van der Waals surface area contributed by atoms with Crippen molar-refractivity contribution in [1.29, 1.82) is 0 Å². The summed E-state index contributed by atoms with van der Waals surface area (Å²) in [6.45, 7) is 0. The average Bonchev–Trinajstić information content (AvgIpc) is 3.73. The van der Waals surface area contributed by atoms with Crippen LogP contribution >= 0.6 is 22.7 Å². The fourth-order valence-corrected chi connectivity index (χ4v) is 8.66. The minimum Gasteiger partial charge on any atom is -0.311 e. The Balaban J connectivity index is 1.11. The lowest BCUT2D eigenvalue weighted by Gasteiger charge is -2.26. The first-order valence-corrected chi connectivity index (χ1v) is 17.3. The van der Waals surface area contributed by atoms with Crippen molar-refractivity contribution in [3.05, 3.63) is 170 Å². The van der Waals surface area contributed by atoms with Gasteiger partial charge in [-0.3, -0.25) is 0 Å². The molecule has 2 heterocycles. The van der Waals surface area contributed by atoms with E-state index >= 15 is 0 Å². The van der Waals surface area contributed by atoms with E-state index in [2.05, 4.69) is 175 Å². The second kappa shape index (κ2) is 11.7. The van der Waals surface area contributed by atoms with Gasteiger partial charge in [0.25, 0.3) is 0 Å². The Hall–Kier alpha value is -5.55. The number of rotatable bonds is 6. The summed E-state index contributed by atoms with van der Waals surface area (Å²) in [4.78, 5) is 7.37. The molecule has 2 aromatic heterocycles. The Morgan fingerprint density at radius 3 is 1.66 bits per heavy atom. The number of aromatic nitrogens is 1. The van der Waals surface area contributed by atoms with Crippen LogP contribution in [0.3, 0.4) is 0 Å². The molecule has 9 rings (SSSR count). The molecule has 0 bridgehead atoms. The molecule has 0 fully saturated rings. The molecule has 7 aromatic carbocycles. The molecule has 0 N–H and O–H groups in total. The molecule has 0 amide bonds. The highest BCUT2D eigenvalue weighted by Gasteiger charge is 2.16. The molecule has 0 radical (unpaired) electrons. The molecule has 0 saturated carbocycles. The summed E-state index contributed by atoms with van der Waals surface area (Å²) < 4.78 is 3.83. The summed E-state index contributed by atoms with van der Waals surface area (Å²) in [5, 5.41) is 3.63. The zero-order valence-electron chi connectivity index (χ0n) is 25.4. The predicted molar refractivity (Wildman–Crippen MR) is 203 cm³/mol. The van der Waals surface area contributed by atoms with Crippen LogP contribution in [-0.2, 0) is 0 Å². The van der Waals surface area contributed by atoms with Crippen molar-refractivity contribution in [2.75, 3.05) is 4.90 Å². The van der Waals surface area contributed by atoms with E-state index in [0.29, 0.717) is 0 Å². The maximum Gasteiger partial charge on any atom is 0.124 e. The van der Waals surface area contributed by atoms with Gasteiger partial charge >= 0.3 is 0 Å². The smallest absolute Gasteiger partial charge is 0.124 e. The normalized spacial score (nSPS) is 11.4. The Morgan fingerprint density at radius 2 is 0.979 bits per heavy atom. The number of anilines is 3. The summed E-state index contributed by atoms with van der Waals surface area (Å²) in [6.07, 6.45) is 0. The Kier molecular flexibility index (Phi) is 6.89. The van der Waals surface area contributed by atoms with E-state index < -0.39 is 0 Å². The standard InChI is InChI=1S/C43H28N2S2/c1-4-11-29(12-5-1)30-19-23-34(24-20-30)45(33-15-8-3-9-16-33)35-25-21-31(22-26-35)36-17-10-18-39-42(36)37-27-38-41(28-40(37)46-39)47-43(44-38)32-13-6-2-7-14-32/h1-28H. The van der Waals surface area contributed by atoms with E-state index in [4.69, 9.17) is 4.98 Å². The minimum absolute atomic E-state index is 1.06. The molecule has 0 spiro atoms. The van der Waals surface area contributed by atoms with Gasteiger partial charge in [-0.05, 0) is 76.9 Å². The number of hydrogen-bond donors (Lipinski definition) is 0. The van der Waals surface area contributed by atoms with Crippen LogP contribution in [0.25, 0.3) is 63.2 Å². The lowest BCUT2D eigenvalue weighted by molar-refractivity contribution is 1.28. The monoisotopic (exact) mass is 636 g/mol. The highest BCUT2D eigenvalue weighted by Crippen LogP contribution is 2.44. The highest BCUT2D eigenvalue weighted by atomic mass is 32.1. The van der Waals surface area contributed by atoms with E-state index in [1.165, 1.54) is 52.7 Å². The summed E-state index contributed by atoms with van der Waals surface area (Å²) in [5.74, 6) is 0. The Morgan fingerprint density at radius 1 is 0.404 bits per heavy atom. The van der Waals surface area contributed by atoms with Crippen LogP contribution in [0.15, 0.2) is 170 Å². The van der Waals surface area contributed by atoms with Crippen molar-refractivity contribution in [2.24, 2.45) is 0 Å². The molecule has 0 aliphatic rings. The van der Waals surface area contributed by atoms with Gasteiger partial charge < -0.3 is 4.90 Å². The number of fused-ring (bicyclic) bond motifs is 4. The van der Waals surface area contributed by atoms with E-state index in [1.54, 1.807) is 11.3 Å². The Labute approximate surface area is 281 Å². The average molecular weight is 637 g/mol. The topological polar surface area (TPSA) is 16.1 Å². The molecule has 0 atom stereocenters. The zero-order chi connectivity index (χ0) is 31.2. The molecule has 2 nitrogen and oxygen atoms in total. The minimum atomic E-state index is 1.06. The zero-order valence-corrected chi connectivity index (χ0v) is 27.0. The van der Waals surface area contributed by atoms with Crippen LogP contribution in [0, 0.1) is 0 Å². The predicted octanol–water partition coefficient (Wildman–Crippen LogP) is 13.1. The molecule has 9 aromatic rings. The van der Waals surface area contributed by atoms with Gasteiger partial charge in [-0.1, -0.05) is 115 Å². The first kappa shape index (κ1) is 27.7. The first-order chi connectivity index (χ1) is 23.3. The molecule has 0 aliphatic carbocycles. The van der Waals surface area contributed by atoms with Crippen molar-refractivity contribution in [2.45, 2.75) is 0 Å². The fraction of sp³-hybridized carbons (Fsp3) is 0. The molecule has 0 unspecified atom stereocenters. The van der Waals surface area contributed by atoms with Gasteiger partial charge in [0.2, 0.25) is 0 Å². The molecular formula is C43H28N2S2. The van der Waals surface area contributed by atoms with Gasteiger partial charge in [-0.25, -0.2) is 4.98 Å². The van der Waals surface area contributed by atoms with Gasteiger partial charge in [0.05, 0.1) is 10.2 Å². The number of thiazole rings is 1. The molecule has 47 heavy (non-hydrogen) atoms. The second-order valence-electron chi connectivity index (χ2n) is 11.6. The van der Waals surface area contributed by atoms with Crippen molar-refractivity contribution in [1.82, 2.24) is 4.98 Å². The van der Waals surface area contributed by atoms with E-state index in [1.807, 2.05) is 11.3 Å². The lowest BCUT2D eigenvalue weighted by Crippen LogP contribution is -2.09. The highest BCUT2D eigenvalue weighted by molar-refractivity contribution is 7.26. The number of thiophene rings is 1. The molecular weight excluding hydrogens is 609 g/mol. The van der Waals surface area contributed by atoms with Gasteiger partial charge in [0.15, 0.2) is 0 Å². The largest absolute Gasteiger partial charge is 0.311 e. The second-order valence-corrected chi connectivity index (χ2v) is 13.7. The van der Waals surface area contributed by atoms with Crippen LogP contribution in [0.1, 0.15) is 0 Å². The number of hydrogen-bond acceptors (Lipinski definition) is 4. The third kappa shape index (κ3) is 5.08. The fourth-order valence-electron chi connectivity index (χ4n) is 6.44. The maximum absolute atomic E-state index is 5.05. The van der Waals surface area contributed by atoms with E-state index in [-0.39, 0.29) is 0 Å². The summed E-state index contributed by atoms with van der Waals surface area (Å²) in [6, 6.07) is 60.7. The quantitative estimate of drug-likeness (QED) is 0.181. The Bertz CT molecular complexity index is 2480. The van der Waals surface area contributed by atoms with Crippen molar-refractivity contribution in [3.63, 3.8) is 0 Å². The first-order valence-electron chi connectivity index (χ1n) is 15.7. The van der Waals surface area contributed by atoms with Crippen LogP contribution in [0.5, 0.6) is 0 Å². The third-order valence-electron chi connectivity index (χ3n) is 8.71. The third-order valence-corrected chi connectivity index (χ3v) is 10.9. The molecule has 4 heteroatoms. The van der Waals surface area contributed by atoms with Gasteiger partial charge in [-0.2, -0.15) is 0 Å². The van der Waals surface area contributed by atoms with Crippen molar-refractivity contribution >= 4 is 70.1 Å². The number of nitrogens with zero attached hydrogens (tertiary/aromatic N) is 2. The van der Waals surface area contributed by atoms with Crippen LogP contribution in [-0.4, -0.2) is 4.98 Å². The van der Waals surface area contributed by atoms with Crippen LogP contribution in [0.2, 0.25) is 0 Å². The van der Waals surface area contributed by atoms with Gasteiger partial charge in [0, 0.05) is 42.8 Å². The maximum atomic E-state index is 5.05. The van der Waals surface area contributed by atoms with E-state index in [9.17, 15) is 0 Å². The van der Waals surface area contributed by atoms with Gasteiger partial charge in [-0.15, -0.1) is 22.7 Å². The molecule has 0 aliphatic heterocycles. The van der Waals surface area contributed by atoms with Crippen LogP contribution in [0.4, 0.5) is 17.1 Å². The summed E-state index contributed by atoms with van der Waals surface area (Å²) in [5.41, 5.74) is 10.5. The number of para-hydroxylation sites is 1. The van der Waals surface area contributed by atoms with Gasteiger partial charge in [0.1, 0.15) is 5.01 Å². The SMILES string of the molecule is c1ccc(-c2ccc(N(c3ccccc3)c3ccc(-c4cccc5sc6cc7sc(-c8ccccc8)nc7cc6c45)cc3)cc2)cc1. The molecule has 222 valence electrons. The van der Waals surface area contributed by atoms with Crippen LogP contribution < -0.4 is 4.90 Å². The summed E-state index contributed by atoms with van der Waals surface area (Å²) >= 11 is 3.63. The van der Waals surface area contributed by atoms with Crippen molar-refractivity contribution in [3.8, 4) is 32.8 Å². The molecule has 0 saturated heterocycles. The van der Waals surface area contributed by atoms with Crippen molar-refractivity contribution < 1.29 is 0 Å². The van der Waals surface area contributed by atoms with E-state index in [0.717, 1.165) is 27.6 Å². The summed E-state index contributed by atoms with van der Waals surface area (Å²) in [7, 11) is 0.